The summed E-state index contributed by atoms with van der Waals surface area (Å²) in [6, 6.07) is 0. The molecule has 0 saturated carbocycles. The smallest absolute Gasteiger partial charge is 0.255 e. The Balaban J connectivity index is 2.66. The zero-order valence-corrected chi connectivity index (χ0v) is 7.94. The van der Waals surface area contributed by atoms with Crippen molar-refractivity contribution in [1.29, 1.82) is 0 Å². The first-order chi connectivity index (χ1) is 5.24. The SMILES string of the molecule is CCSc1nc(C(C)C)co1. The van der Waals surface area contributed by atoms with Gasteiger partial charge in [0.25, 0.3) is 5.22 Å². The maximum absolute atomic E-state index is 5.22. The van der Waals surface area contributed by atoms with Crippen LogP contribution in [-0.2, 0) is 0 Å². The Morgan fingerprint density at radius 1 is 1.64 bits per heavy atom. The fourth-order valence-corrected chi connectivity index (χ4v) is 1.26. The van der Waals surface area contributed by atoms with Crippen molar-refractivity contribution in [2.75, 3.05) is 5.75 Å². The van der Waals surface area contributed by atoms with Crippen LogP contribution >= 0.6 is 11.8 Å². The zero-order valence-electron chi connectivity index (χ0n) is 7.13. The summed E-state index contributed by atoms with van der Waals surface area (Å²) in [5, 5.41) is 0.788. The largest absolute Gasteiger partial charge is 0.440 e. The molecule has 0 aliphatic carbocycles. The summed E-state index contributed by atoms with van der Waals surface area (Å²) < 4.78 is 5.22. The maximum atomic E-state index is 5.22. The van der Waals surface area contributed by atoms with Gasteiger partial charge in [-0.1, -0.05) is 32.5 Å². The van der Waals surface area contributed by atoms with E-state index in [1.54, 1.807) is 18.0 Å². The van der Waals surface area contributed by atoms with Gasteiger partial charge < -0.3 is 4.42 Å². The molecule has 11 heavy (non-hydrogen) atoms. The minimum absolute atomic E-state index is 0.463. The van der Waals surface area contributed by atoms with Gasteiger partial charge in [0.1, 0.15) is 6.26 Å². The molecule has 0 amide bonds. The monoisotopic (exact) mass is 171 g/mol. The van der Waals surface area contributed by atoms with Crippen LogP contribution in [-0.4, -0.2) is 10.7 Å². The van der Waals surface area contributed by atoms with Crippen LogP contribution in [0.5, 0.6) is 0 Å². The molecule has 0 radical (unpaired) electrons. The van der Waals surface area contributed by atoms with Crippen molar-refractivity contribution >= 4 is 11.8 Å². The Hall–Kier alpha value is -0.440. The highest BCUT2D eigenvalue weighted by Crippen LogP contribution is 2.20. The first-order valence-electron chi connectivity index (χ1n) is 3.82. The van der Waals surface area contributed by atoms with E-state index in [1.807, 2.05) is 0 Å². The molecule has 3 heteroatoms. The minimum Gasteiger partial charge on any atom is -0.440 e. The highest BCUT2D eigenvalue weighted by molar-refractivity contribution is 7.99. The molecule has 1 aromatic rings. The molecule has 1 heterocycles. The fraction of sp³-hybridized carbons (Fsp3) is 0.625. The molecule has 0 bridgehead atoms. The molecule has 0 atom stereocenters. The van der Waals surface area contributed by atoms with E-state index in [1.165, 1.54) is 0 Å². The van der Waals surface area contributed by atoms with Gasteiger partial charge in [-0.25, -0.2) is 4.98 Å². The summed E-state index contributed by atoms with van der Waals surface area (Å²) in [4.78, 5) is 4.30. The normalized spacial score (nSPS) is 10.9. The van der Waals surface area contributed by atoms with Crippen LogP contribution in [0.1, 0.15) is 32.4 Å². The van der Waals surface area contributed by atoms with E-state index < -0.39 is 0 Å². The van der Waals surface area contributed by atoms with E-state index in [-0.39, 0.29) is 0 Å². The number of aromatic nitrogens is 1. The molecule has 1 rings (SSSR count). The van der Waals surface area contributed by atoms with Crippen LogP contribution in [0, 0.1) is 0 Å². The van der Waals surface area contributed by atoms with E-state index in [4.69, 9.17) is 4.42 Å². The Labute approximate surface area is 71.4 Å². The fourth-order valence-electron chi connectivity index (χ4n) is 0.724. The molecule has 62 valence electrons. The van der Waals surface area contributed by atoms with Crippen LogP contribution in [0.3, 0.4) is 0 Å². The van der Waals surface area contributed by atoms with Crippen molar-refractivity contribution in [3.8, 4) is 0 Å². The van der Waals surface area contributed by atoms with Gasteiger partial charge in [0.2, 0.25) is 0 Å². The molecule has 2 nitrogen and oxygen atoms in total. The van der Waals surface area contributed by atoms with E-state index in [0.717, 1.165) is 16.7 Å². The third kappa shape index (κ3) is 2.26. The van der Waals surface area contributed by atoms with Gasteiger partial charge >= 0.3 is 0 Å². The summed E-state index contributed by atoms with van der Waals surface area (Å²) in [5.74, 6) is 1.47. The number of hydrogen-bond acceptors (Lipinski definition) is 3. The Kier molecular flexibility index (Phi) is 3.00. The van der Waals surface area contributed by atoms with Gasteiger partial charge in [0.15, 0.2) is 0 Å². The lowest BCUT2D eigenvalue weighted by molar-refractivity contribution is 0.454. The van der Waals surface area contributed by atoms with Crippen molar-refractivity contribution in [3.63, 3.8) is 0 Å². The lowest BCUT2D eigenvalue weighted by atomic mass is 10.2. The number of nitrogens with zero attached hydrogens (tertiary/aromatic N) is 1. The predicted molar refractivity (Wildman–Crippen MR) is 47.0 cm³/mol. The van der Waals surface area contributed by atoms with Crippen molar-refractivity contribution in [2.45, 2.75) is 31.9 Å². The third-order valence-corrected chi connectivity index (χ3v) is 2.08. The molecule has 0 aromatic carbocycles. The van der Waals surface area contributed by atoms with Crippen molar-refractivity contribution in [3.05, 3.63) is 12.0 Å². The first kappa shape index (κ1) is 8.65. The number of hydrogen-bond donors (Lipinski definition) is 0. The summed E-state index contributed by atoms with van der Waals surface area (Å²) in [5.41, 5.74) is 1.04. The highest BCUT2D eigenvalue weighted by Gasteiger charge is 2.05. The Morgan fingerprint density at radius 3 is 2.82 bits per heavy atom. The first-order valence-corrected chi connectivity index (χ1v) is 4.80. The molecule has 0 aliphatic rings. The van der Waals surface area contributed by atoms with Crippen molar-refractivity contribution < 1.29 is 4.42 Å². The summed E-state index contributed by atoms with van der Waals surface area (Å²) in [7, 11) is 0. The Bertz CT molecular complexity index is 220. The molecule has 0 spiro atoms. The lowest BCUT2D eigenvalue weighted by Gasteiger charge is -1.93. The van der Waals surface area contributed by atoms with Gasteiger partial charge in [0.05, 0.1) is 5.69 Å². The second kappa shape index (κ2) is 3.81. The number of thioether (sulfide) groups is 1. The average molecular weight is 171 g/mol. The van der Waals surface area contributed by atoms with E-state index in [0.29, 0.717) is 5.92 Å². The highest BCUT2D eigenvalue weighted by atomic mass is 32.2. The van der Waals surface area contributed by atoms with Crippen LogP contribution in [0.25, 0.3) is 0 Å². The van der Waals surface area contributed by atoms with Crippen LogP contribution in [0.15, 0.2) is 15.9 Å². The lowest BCUT2D eigenvalue weighted by Crippen LogP contribution is -1.85. The van der Waals surface area contributed by atoms with E-state index in [9.17, 15) is 0 Å². The number of oxazole rings is 1. The van der Waals surface area contributed by atoms with Gasteiger partial charge in [-0.3, -0.25) is 0 Å². The molecular formula is C8H13NOS. The summed E-state index contributed by atoms with van der Waals surface area (Å²) >= 11 is 1.64. The molecule has 1 aromatic heterocycles. The van der Waals surface area contributed by atoms with Gasteiger partial charge in [0, 0.05) is 0 Å². The molecule has 0 fully saturated rings. The standard InChI is InChI=1S/C8H13NOS/c1-4-11-8-9-7(5-10-8)6(2)3/h5-6H,4H2,1-3H3. The van der Waals surface area contributed by atoms with Crippen molar-refractivity contribution in [1.82, 2.24) is 4.98 Å². The average Bonchev–Trinajstić information content (AvgIpc) is 2.37. The van der Waals surface area contributed by atoms with Crippen LogP contribution < -0.4 is 0 Å². The third-order valence-electron chi connectivity index (χ3n) is 1.36. The minimum atomic E-state index is 0.463. The number of rotatable bonds is 3. The van der Waals surface area contributed by atoms with Gasteiger partial charge in [-0.05, 0) is 11.7 Å². The molecule has 0 N–H and O–H groups in total. The van der Waals surface area contributed by atoms with Crippen molar-refractivity contribution in [2.24, 2.45) is 0 Å². The molecular weight excluding hydrogens is 158 g/mol. The second-order valence-corrected chi connectivity index (χ2v) is 3.84. The van der Waals surface area contributed by atoms with Crippen LogP contribution in [0.4, 0.5) is 0 Å². The van der Waals surface area contributed by atoms with Gasteiger partial charge in [-0.15, -0.1) is 0 Å². The van der Waals surface area contributed by atoms with Crippen LogP contribution in [0.2, 0.25) is 0 Å². The molecule has 0 aliphatic heterocycles. The zero-order chi connectivity index (χ0) is 8.27. The molecule has 0 saturated heterocycles. The quantitative estimate of drug-likeness (QED) is 0.654. The molecule has 0 unspecified atom stereocenters. The summed E-state index contributed by atoms with van der Waals surface area (Å²) in [6.45, 7) is 6.31. The predicted octanol–water partition coefficient (Wildman–Crippen LogP) is 2.91. The van der Waals surface area contributed by atoms with E-state index >= 15 is 0 Å². The maximum Gasteiger partial charge on any atom is 0.255 e. The second-order valence-electron chi connectivity index (χ2n) is 2.63. The summed E-state index contributed by atoms with van der Waals surface area (Å²) in [6.07, 6.45) is 1.74. The topological polar surface area (TPSA) is 26.0 Å². The van der Waals surface area contributed by atoms with Gasteiger partial charge in [-0.2, -0.15) is 0 Å². The van der Waals surface area contributed by atoms with E-state index in [2.05, 4.69) is 25.8 Å². The Morgan fingerprint density at radius 2 is 2.36 bits per heavy atom.